The predicted molar refractivity (Wildman–Crippen MR) is 88.7 cm³/mol. The molecule has 1 atom stereocenters. The maximum Gasteiger partial charge on any atom is 0.127 e. The smallest absolute Gasteiger partial charge is 0.127 e. The van der Waals surface area contributed by atoms with Crippen LogP contribution in [0.25, 0.3) is 0 Å². The standard InChI is InChI=1S/C17H23NO2S/c1-5-10-18-17(13-9-11-21-12(13)2)16-14(19-3)7-6-8-15(16)20-4/h6-9,11,17-18H,5,10H2,1-4H3. The second-order valence-electron chi connectivity index (χ2n) is 4.90. The average Bonchev–Trinajstić information content (AvgIpc) is 2.93. The summed E-state index contributed by atoms with van der Waals surface area (Å²) in [4.78, 5) is 1.32. The second kappa shape index (κ2) is 7.48. The lowest BCUT2D eigenvalue weighted by molar-refractivity contribution is 0.376. The van der Waals surface area contributed by atoms with Gasteiger partial charge in [-0.2, -0.15) is 0 Å². The zero-order valence-electron chi connectivity index (χ0n) is 13.1. The molecule has 1 N–H and O–H groups in total. The summed E-state index contributed by atoms with van der Waals surface area (Å²) in [5.41, 5.74) is 2.36. The molecule has 1 aromatic carbocycles. The Kier molecular flexibility index (Phi) is 5.65. The molecule has 0 radical (unpaired) electrons. The third-order valence-electron chi connectivity index (χ3n) is 3.56. The van der Waals surface area contributed by atoms with E-state index in [1.165, 1.54) is 10.4 Å². The van der Waals surface area contributed by atoms with Crippen molar-refractivity contribution in [3.63, 3.8) is 0 Å². The maximum absolute atomic E-state index is 5.57. The fourth-order valence-electron chi connectivity index (χ4n) is 2.51. The third-order valence-corrected chi connectivity index (χ3v) is 4.42. The number of aryl methyl sites for hydroxylation is 1. The summed E-state index contributed by atoms with van der Waals surface area (Å²) in [7, 11) is 3.41. The van der Waals surface area contributed by atoms with E-state index in [0.29, 0.717) is 0 Å². The molecule has 0 fully saturated rings. The molecule has 0 amide bonds. The summed E-state index contributed by atoms with van der Waals surface area (Å²) in [5, 5.41) is 5.76. The highest BCUT2D eigenvalue weighted by molar-refractivity contribution is 7.10. The van der Waals surface area contributed by atoms with Crippen LogP contribution in [0.2, 0.25) is 0 Å². The van der Waals surface area contributed by atoms with Gasteiger partial charge in [-0.3, -0.25) is 0 Å². The van der Waals surface area contributed by atoms with E-state index in [0.717, 1.165) is 30.0 Å². The number of nitrogens with one attached hydrogen (secondary N) is 1. The number of ether oxygens (including phenoxy) is 2. The second-order valence-corrected chi connectivity index (χ2v) is 6.02. The van der Waals surface area contributed by atoms with Gasteiger partial charge in [-0.15, -0.1) is 11.3 Å². The first-order valence-electron chi connectivity index (χ1n) is 7.21. The molecule has 2 rings (SSSR count). The van der Waals surface area contributed by atoms with Crippen molar-refractivity contribution >= 4 is 11.3 Å². The van der Waals surface area contributed by atoms with Gasteiger partial charge < -0.3 is 14.8 Å². The molecular weight excluding hydrogens is 282 g/mol. The number of hydrogen-bond donors (Lipinski definition) is 1. The Morgan fingerprint density at radius 3 is 2.29 bits per heavy atom. The van der Waals surface area contributed by atoms with E-state index in [1.807, 2.05) is 18.2 Å². The summed E-state index contributed by atoms with van der Waals surface area (Å²) in [6.45, 7) is 5.27. The molecule has 0 saturated carbocycles. The van der Waals surface area contributed by atoms with Crippen LogP contribution in [0.15, 0.2) is 29.6 Å². The van der Waals surface area contributed by atoms with Gasteiger partial charge in [-0.25, -0.2) is 0 Å². The molecule has 0 aliphatic heterocycles. The number of rotatable bonds is 7. The Bertz CT molecular complexity index is 558. The molecule has 2 aromatic rings. The van der Waals surface area contributed by atoms with E-state index in [1.54, 1.807) is 25.6 Å². The van der Waals surface area contributed by atoms with Crippen LogP contribution in [0.1, 0.15) is 35.4 Å². The lowest BCUT2D eigenvalue weighted by Gasteiger charge is -2.23. The fraction of sp³-hybridized carbons (Fsp3) is 0.412. The van der Waals surface area contributed by atoms with Crippen molar-refractivity contribution in [1.29, 1.82) is 0 Å². The topological polar surface area (TPSA) is 30.5 Å². The van der Waals surface area contributed by atoms with Crippen LogP contribution < -0.4 is 14.8 Å². The first-order chi connectivity index (χ1) is 10.2. The Morgan fingerprint density at radius 2 is 1.81 bits per heavy atom. The number of benzene rings is 1. The Morgan fingerprint density at radius 1 is 1.14 bits per heavy atom. The van der Waals surface area contributed by atoms with Crippen LogP contribution >= 0.6 is 11.3 Å². The number of methoxy groups -OCH3 is 2. The van der Waals surface area contributed by atoms with Crippen molar-refractivity contribution in [3.05, 3.63) is 45.6 Å². The van der Waals surface area contributed by atoms with E-state index in [4.69, 9.17) is 9.47 Å². The number of thiophene rings is 1. The van der Waals surface area contributed by atoms with Gasteiger partial charge in [0, 0.05) is 4.88 Å². The molecule has 0 bridgehead atoms. The minimum atomic E-state index is 0.0855. The molecule has 0 aliphatic rings. The quantitative estimate of drug-likeness (QED) is 0.833. The van der Waals surface area contributed by atoms with Crippen molar-refractivity contribution < 1.29 is 9.47 Å². The SMILES string of the molecule is CCCNC(c1ccsc1C)c1c(OC)cccc1OC. The van der Waals surface area contributed by atoms with Crippen LogP contribution in [0.5, 0.6) is 11.5 Å². The lowest BCUT2D eigenvalue weighted by Crippen LogP contribution is -2.24. The summed E-state index contributed by atoms with van der Waals surface area (Å²) in [5.74, 6) is 1.71. The summed E-state index contributed by atoms with van der Waals surface area (Å²) in [6, 6.07) is 8.19. The van der Waals surface area contributed by atoms with Gasteiger partial charge in [0.2, 0.25) is 0 Å². The van der Waals surface area contributed by atoms with Gasteiger partial charge in [0.25, 0.3) is 0 Å². The zero-order valence-corrected chi connectivity index (χ0v) is 13.9. The number of hydrogen-bond acceptors (Lipinski definition) is 4. The minimum Gasteiger partial charge on any atom is -0.496 e. The van der Waals surface area contributed by atoms with E-state index >= 15 is 0 Å². The molecule has 1 unspecified atom stereocenters. The van der Waals surface area contributed by atoms with Crippen molar-refractivity contribution in [1.82, 2.24) is 5.32 Å². The Balaban J connectivity index is 2.53. The minimum absolute atomic E-state index is 0.0855. The highest BCUT2D eigenvalue weighted by Gasteiger charge is 2.23. The van der Waals surface area contributed by atoms with Crippen LogP contribution in [0.3, 0.4) is 0 Å². The molecule has 4 heteroatoms. The summed E-state index contributed by atoms with van der Waals surface area (Å²) in [6.07, 6.45) is 1.08. The molecule has 0 saturated heterocycles. The molecule has 0 spiro atoms. The van der Waals surface area contributed by atoms with Crippen molar-refractivity contribution in [2.24, 2.45) is 0 Å². The summed E-state index contributed by atoms with van der Waals surface area (Å²) < 4.78 is 11.1. The molecule has 1 heterocycles. The highest BCUT2D eigenvalue weighted by Crippen LogP contribution is 2.39. The third kappa shape index (κ3) is 3.39. The molecule has 1 aromatic heterocycles. The molecule has 21 heavy (non-hydrogen) atoms. The fourth-order valence-corrected chi connectivity index (χ4v) is 3.26. The highest BCUT2D eigenvalue weighted by atomic mass is 32.1. The van der Waals surface area contributed by atoms with Crippen LogP contribution in [0.4, 0.5) is 0 Å². The molecular formula is C17H23NO2S. The van der Waals surface area contributed by atoms with E-state index in [-0.39, 0.29) is 6.04 Å². The van der Waals surface area contributed by atoms with E-state index in [9.17, 15) is 0 Å². The molecule has 114 valence electrons. The van der Waals surface area contributed by atoms with Gasteiger partial charge in [0.15, 0.2) is 0 Å². The van der Waals surface area contributed by atoms with Crippen LogP contribution in [-0.4, -0.2) is 20.8 Å². The van der Waals surface area contributed by atoms with Crippen molar-refractivity contribution in [2.75, 3.05) is 20.8 Å². The van der Waals surface area contributed by atoms with Crippen molar-refractivity contribution in [3.8, 4) is 11.5 Å². The monoisotopic (exact) mass is 305 g/mol. The largest absolute Gasteiger partial charge is 0.496 e. The predicted octanol–water partition coefficient (Wildman–Crippen LogP) is 4.16. The Labute approximate surface area is 130 Å². The first-order valence-corrected chi connectivity index (χ1v) is 8.09. The van der Waals surface area contributed by atoms with E-state index in [2.05, 4.69) is 30.6 Å². The molecule has 3 nitrogen and oxygen atoms in total. The lowest BCUT2D eigenvalue weighted by atomic mass is 9.97. The molecule has 0 aliphatic carbocycles. The van der Waals surface area contributed by atoms with Crippen LogP contribution in [0, 0.1) is 6.92 Å². The summed E-state index contributed by atoms with van der Waals surface area (Å²) >= 11 is 1.77. The van der Waals surface area contributed by atoms with Gasteiger partial charge in [-0.05, 0) is 49.0 Å². The van der Waals surface area contributed by atoms with Gasteiger partial charge in [0.05, 0.1) is 25.8 Å². The van der Waals surface area contributed by atoms with Gasteiger partial charge in [-0.1, -0.05) is 13.0 Å². The normalized spacial score (nSPS) is 12.2. The van der Waals surface area contributed by atoms with E-state index < -0.39 is 0 Å². The van der Waals surface area contributed by atoms with Gasteiger partial charge in [0.1, 0.15) is 11.5 Å². The zero-order chi connectivity index (χ0) is 15.2. The average molecular weight is 305 g/mol. The Hall–Kier alpha value is -1.52. The maximum atomic E-state index is 5.57. The first kappa shape index (κ1) is 15.9. The van der Waals surface area contributed by atoms with Crippen LogP contribution in [-0.2, 0) is 0 Å². The van der Waals surface area contributed by atoms with Gasteiger partial charge >= 0.3 is 0 Å². The van der Waals surface area contributed by atoms with Crippen molar-refractivity contribution in [2.45, 2.75) is 26.3 Å².